The van der Waals surface area contributed by atoms with Gasteiger partial charge in [-0.2, -0.15) is 0 Å². The average molecular weight is 325 g/mol. The van der Waals surface area contributed by atoms with Gasteiger partial charge >= 0.3 is 0 Å². The van der Waals surface area contributed by atoms with Gasteiger partial charge in [0.05, 0.1) is 13.2 Å². The van der Waals surface area contributed by atoms with E-state index in [0.29, 0.717) is 6.54 Å². The summed E-state index contributed by atoms with van der Waals surface area (Å²) in [5.41, 5.74) is 2.46. The van der Waals surface area contributed by atoms with Crippen LogP contribution in [0.1, 0.15) is 24.0 Å². The molecule has 0 aliphatic rings. The molecule has 0 aromatic heterocycles. The van der Waals surface area contributed by atoms with Gasteiger partial charge in [0.15, 0.2) is 0 Å². The first-order valence-corrected chi connectivity index (χ1v) is 8.39. The molecule has 2 aromatic rings. The fourth-order valence-electron chi connectivity index (χ4n) is 2.72. The van der Waals surface area contributed by atoms with Crippen molar-refractivity contribution in [3.63, 3.8) is 0 Å². The van der Waals surface area contributed by atoms with Crippen molar-refractivity contribution in [1.82, 2.24) is 4.90 Å². The van der Waals surface area contributed by atoms with E-state index in [-0.39, 0.29) is 6.10 Å². The third-order valence-corrected chi connectivity index (χ3v) is 3.99. The van der Waals surface area contributed by atoms with Crippen LogP contribution in [0.15, 0.2) is 67.3 Å². The first-order chi connectivity index (χ1) is 11.7. The van der Waals surface area contributed by atoms with Gasteiger partial charge in [-0.3, -0.25) is 4.90 Å². The first kappa shape index (κ1) is 18.2. The molecule has 24 heavy (non-hydrogen) atoms. The maximum absolute atomic E-state index is 10.3. The predicted octanol–water partition coefficient (Wildman–Crippen LogP) is 4.02. The minimum atomic E-state index is -0.343. The van der Waals surface area contributed by atoms with Gasteiger partial charge in [-0.25, -0.2) is 0 Å². The zero-order chi connectivity index (χ0) is 17.2. The molecule has 1 atom stereocenters. The number of allylic oxidation sites excluding steroid dienone is 1. The molecule has 0 radical (unpaired) electrons. The summed E-state index contributed by atoms with van der Waals surface area (Å²) in [6.07, 6.45) is 3.10. The number of rotatable bonds is 10. The van der Waals surface area contributed by atoms with Crippen LogP contribution in [0.25, 0.3) is 0 Å². The van der Waals surface area contributed by atoms with Gasteiger partial charge in [-0.05, 0) is 36.1 Å². The molecule has 0 saturated carbocycles. The molecule has 0 fully saturated rings. The molecule has 2 rings (SSSR count). The average Bonchev–Trinajstić information content (AvgIpc) is 2.61. The predicted molar refractivity (Wildman–Crippen MR) is 99.0 cm³/mol. The molecule has 0 spiro atoms. The fourth-order valence-corrected chi connectivity index (χ4v) is 2.72. The summed E-state index contributed by atoms with van der Waals surface area (Å²) >= 11 is 0. The number of nitrogens with zero attached hydrogens (tertiary/aromatic N) is 1. The van der Waals surface area contributed by atoms with Gasteiger partial charge in [-0.15, -0.1) is 6.58 Å². The van der Waals surface area contributed by atoms with Crippen molar-refractivity contribution < 1.29 is 9.84 Å². The van der Waals surface area contributed by atoms with E-state index in [1.54, 1.807) is 7.11 Å². The smallest absolute Gasteiger partial charge is 0.118 e. The van der Waals surface area contributed by atoms with Crippen molar-refractivity contribution in [2.45, 2.75) is 32.0 Å². The highest BCUT2D eigenvalue weighted by molar-refractivity contribution is 5.27. The van der Waals surface area contributed by atoms with Crippen molar-refractivity contribution >= 4 is 0 Å². The third kappa shape index (κ3) is 6.19. The minimum Gasteiger partial charge on any atom is -0.497 e. The molecular formula is C21H27NO2. The van der Waals surface area contributed by atoms with Crippen molar-refractivity contribution in [1.29, 1.82) is 0 Å². The molecule has 3 nitrogen and oxygen atoms in total. The molecule has 0 bridgehead atoms. The lowest BCUT2D eigenvalue weighted by atomic mass is 10.1. The molecule has 0 aliphatic heterocycles. The highest BCUT2D eigenvalue weighted by Crippen LogP contribution is 2.15. The molecule has 0 unspecified atom stereocenters. The van der Waals surface area contributed by atoms with E-state index >= 15 is 0 Å². The number of aliphatic hydroxyl groups excluding tert-OH is 1. The highest BCUT2D eigenvalue weighted by Gasteiger charge is 2.13. The number of hydrogen-bond acceptors (Lipinski definition) is 3. The van der Waals surface area contributed by atoms with Crippen LogP contribution in [0, 0.1) is 0 Å². The van der Waals surface area contributed by atoms with E-state index < -0.39 is 0 Å². The maximum atomic E-state index is 10.3. The zero-order valence-electron chi connectivity index (χ0n) is 14.4. The van der Waals surface area contributed by atoms with Crippen LogP contribution in [0.5, 0.6) is 5.75 Å². The second-order valence-corrected chi connectivity index (χ2v) is 6.02. The summed E-state index contributed by atoms with van der Waals surface area (Å²) in [6, 6.07) is 18.5. The van der Waals surface area contributed by atoms with Gasteiger partial charge in [-0.1, -0.05) is 48.5 Å². The normalized spacial score (nSPS) is 12.1. The Bertz CT molecular complexity index is 595. The van der Waals surface area contributed by atoms with Crippen molar-refractivity contribution in [3.05, 3.63) is 78.4 Å². The molecular weight excluding hydrogens is 298 g/mol. The number of benzene rings is 2. The minimum absolute atomic E-state index is 0.343. The van der Waals surface area contributed by atoms with Gasteiger partial charge < -0.3 is 9.84 Å². The topological polar surface area (TPSA) is 32.7 Å². The van der Waals surface area contributed by atoms with Crippen LogP contribution in [-0.4, -0.2) is 29.8 Å². The van der Waals surface area contributed by atoms with E-state index in [2.05, 4.69) is 47.9 Å². The Morgan fingerprint density at radius 3 is 2.25 bits per heavy atom. The lowest BCUT2D eigenvalue weighted by molar-refractivity contribution is 0.0984. The number of methoxy groups -OCH3 is 1. The van der Waals surface area contributed by atoms with E-state index in [1.807, 2.05) is 24.3 Å². The molecule has 2 aromatic carbocycles. The Kier molecular flexibility index (Phi) is 7.53. The molecule has 1 N–H and O–H groups in total. The largest absolute Gasteiger partial charge is 0.497 e. The third-order valence-electron chi connectivity index (χ3n) is 3.99. The summed E-state index contributed by atoms with van der Waals surface area (Å²) < 4.78 is 5.22. The van der Waals surface area contributed by atoms with Crippen LogP contribution in [0.2, 0.25) is 0 Å². The van der Waals surface area contributed by atoms with Gasteiger partial charge in [0.1, 0.15) is 5.75 Å². The molecule has 0 saturated heterocycles. The quantitative estimate of drug-likeness (QED) is 0.670. The Balaban J connectivity index is 2.04. The SMILES string of the molecule is C=CCC[C@@H](O)CN(Cc1ccccc1)Cc1ccc(OC)cc1. The molecule has 3 heteroatoms. The molecule has 0 heterocycles. The Hall–Kier alpha value is -2.10. The second kappa shape index (κ2) is 9.91. The van der Waals surface area contributed by atoms with Crippen LogP contribution in [0.3, 0.4) is 0 Å². The Labute approximate surface area is 145 Å². The van der Waals surface area contributed by atoms with Crippen LogP contribution in [0.4, 0.5) is 0 Å². The number of hydrogen-bond donors (Lipinski definition) is 1. The van der Waals surface area contributed by atoms with Crippen LogP contribution in [-0.2, 0) is 13.1 Å². The number of ether oxygens (including phenoxy) is 1. The lowest BCUT2D eigenvalue weighted by Gasteiger charge is -2.25. The lowest BCUT2D eigenvalue weighted by Crippen LogP contribution is -2.31. The van der Waals surface area contributed by atoms with Gasteiger partial charge in [0, 0.05) is 19.6 Å². The van der Waals surface area contributed by atoms with E-state index in [1.165, 1.54) is 11.1 Å². The molecule has 128 valence electrons. The van der Waals surface area contributed by atoms with Crippen LogP contribution >= 0.6 is 0 Å². The van der Waals surface area contributed by atoms with Gasteiger partial charge in [0.25, 0.3) is 0 Å². The Morgan fingerprint density at radius 2 is 1.67 bits per heavy atom. The zero-order valence-corrected chi connectivity index (χ0v) is 14.4. The Morgan fingerprint density at radius 1 is 1.04 bits per heavy atom. The maximum Gasteiger partial charge on any atom is 0.118 e. The summed E-state index contributed by atoms with van der Waals surface area (Å²) in [7, 11) is 1.67. The van der Waals surface area contributed by atoms with Crippen molar-refractivity contribution in [3.8, 4) is 5.75 Å². The number of aliphatic hydroxyl groups is 1. The monoisotopic (exact) mass is 325 g/mol. The van der Waals surface area contributed by atoms with E-state index in [4.69, 9.17) is 4.74 Å². The first-order valence-electron chi connectivity index (χ1n) is 8.39. The summed E-state index contributed by atoms with van der Waals surface area (Å²) in [4.78, 5) is 2.28. The second-order valence-electron chi connectivity index (χ2n) is 6.02. The molecule has 0 aliphatic carbocycles. The standard InChI is InChI=1S/C21H27NO2/c1-3-4-10-20(23)17-22(15-18-8-6-5-7-9-18)16-19-11-13-21(24-2)14-12-19/h3,5-9,11-14,20,23H,1,4,10,15-17H2,2H3/t20-/m1/s1. The fraction of sp³-hybridized carbons (Fsp3) is 0.333. The van der Waals surface area contributed by atoms with E-state index in [0.717, 1.165) is 31.7 Å². The summed E-state index contributed by atoms with van der Waals surface area (Å²) in [6.45, 7) is 5.99. The summed E-state index contributed by atoms with van der Waals surface area (Å²) in [5.74, 6) is 0.861. The van der Waals surface area contributed by atoms with Crippen molar-refractivity contribution in [2.75, 3.05) is 13.7 Å². The summed E-state index contributed by atoms with van der Waals surface area (Å²) in [5, 5.41) is 10.3. The van der Waals surface area contributed by atoms with Crippen molar-refractivity contribution in [2.24, 2.45) is 0 Å². The van der Waals surface area contributed by atoms with Gasteiger partial charge in [0.2, 0.25) is 0 Å². The highest BCUT2D eigenvalue weighted by atomic mass is 16.5. The van der Waals surface area contributed by atoms with Crippen LogP contribution < -0.4 is 4.74 Å². The van der Waals surface area contributed by atoms with E-state index in [9.17, 15) is 5.11 Å². The molecule has 0 amide bonds.